The van der Waals surface area contributed by atoms with Crippen LogP contribution in [0.5, 0.6) is 0 Å². The zero-order valence-corrected chi connectivity index (χ0v) is 10.1. The van der Waals surface area contributed by atoms with E-state index in [-0.39, 0.29) is 0 Å². The normalized spacial score (nSPS) is 9.72. The van der Waals surface area contributed by atoms with Gasteiger partial charge in [0, 0.05) is 16.9 Å². The zero-order chi connectivity index (χ0) is 12.6. The Kier molecular flexibility index (Phi) is 4.32. The summed E-state index contributed by atoms with van der Waals surface area (Å²) in [7, 11) is 0. The van der Waals surface area contributed by atoms with Crippen molar-refractivity contribution in [3.8, 4) is 6.07 Å². The first-order valence-electron chi connectivity index (χ1n) is 5.97. The number of benzene rings is 1. The van der Waals surface area contributed by atoms with Gasteiger partial charge < -0.3 is 0 Å². The summed E-state index contributed by atoms with van der Waals surface area (Å²) in [6.07, 6.45) is 5.48. The Morgan fingerprint density at radius 3 is 2.44 bits per heavy atom. The Morgan fingerprint density at radius 2 is 1.78 bits per heavy atom. The first kappa shape index (κ1) is 12.1. The second kappa shape index (κ2) is 6.41. The second-order valence-corrected chi connectivity index (χ2v) is 3.98. The molecule has 0 bridgehead atoms. The third-order valence-electron chi connectivity index (χ3n) is 2.62. The first-order chi connectivity index (χ1) is 8.88. The summed E-state index contributed by atoms with van der Waals surface area (Å²) in [5, 5.41) is 8.67. The minimum atomic E-state index is 0.638. The van der Waals surface area contributed by atoms with Crippen molar-refractivity contribution in [2.75, 3.05) is 6.61 Å². The van der Waals surface area contributed by atoms with Crippen LogP contribution in [0.2, 0.25) is 0 Å². The Hall–Kier alpha value is -2.34. The fourth-order valence-electron chi connectivity index (χ4n) is 1.66. The van der Waals surface area contributed by atoms with E-state index in [1.165, 1.54) is 5.56 Å². The molecule has 0 saturated heterocycles. The van der Waals surface area contributed by atoms with Gasteiger partial charge in [0.1, 0.15) is 0 Å². The number of nitrogens with zero attached hydrogens (tertiary/aromatic N) is 2. The molecule has 0 amide bonds. The largest absolute Gasteiger partial charge is 0.271 e. The van der Waals surface area contributed by atoms with Gasteiger partial charge in [0.05, 0.1) is 11.6 Å². The van der Waals surface area contributed by atoms with Crippen LogP contribution in [0.25, 0.3) is 0 Å². The van der Waals surface area contributed by atoms with E-state index in [4.69, 9.17) is 10.1 Å². The molecule has 1 heterocycles. The molecular formula is C15H15N2O+. The van der Waals surface area contributed by atoms with Crippen molar-refractivity contribution in [3.63, 3.8) is 0 Å². The van der Waals surface area contributed by atoms with E-state index in [9.17, 15) is 0 Å². The molecule has 3 nitrogen and oxygen atoms in total. The molecule has 0 fully saturated rings. The molecule has 0 radical (unpaired) electrons. The molecule has 0 aliphatic heterocycles. The Morgan fingerprint density at radius 1 is 1.06 bits per heavy atom. The highest BCUT2D eigenvalue weighted by Gasteiger charge is 2.01. The summed E-state index contributed by atoms with van der Waals surface area (Å²) < 4.78 is 1.63. The molecule has 3 heteroatoms. The lowest BCUT2D eigenvalue weighted by Gasteiger charge is -2.00. The van der Waals surface area contributed by atoms with Crippen LogP contribution in [-0.4, -0.2) is 6.61 Å². The number of aryl methyl sites for hydroxylation is 1. The summed E-state index contributed by atoms with van der Waals surface area (Å²) in [5.74, 6) is 0. The molecule has 0 aliphatic rings. The molecule has 0 unspecified atom stereocenters. The second-order valence-electron chi connectivity index (χ2n) is 3.98. The zero-order valence-electron chi connectivity index (χ0n) is 10.1. The van der Waals surface area contributed by atoms with Gasteiger partial charge in [-0.15, -0.1) is 0 Å². The number of hydrogen-bond donors (Lipinski definition) is 0. The molecule has 1 aromatic carbocycles. The molecule has 2 aromatic rings. The summed E-state index contributed by atoms with van der Waals surface area (Å²) in [6.45, 7) is 0.658. The first-order valence-corrected chi connectivity index (χ1v) is 5.97. The lowest BCUT2D eigenvalue weighted by Crippen LogP contribution is -2.42. The lowest BCUT2D eigenvalue weighted by molar-refractivity contribution is -0.891. The van der Waals surface area contributed by atoms with Gasteiger partial charge in [-0.25, -0.2) is 0 Å². The van der Waals surface area contributed by atoms with Crippen LogP contribution in [0, 0.1) is 11.3 Å². The molecule has 0 N–H and O–H groups in total. The monoisotopic (exact) mass is 239 g/mol. The summed E-state index contributed by atoms with van der Waals surface area (Å²) in [5.41, 5.74) is 1.96. The van der Waals surface area contributed by atoms with Gasteiger partial charge >= 0.3 is 0 Å². The highest BCUT2D eigenvalue weighted by molar-refractivity contribution is 5.23. The molecule has 0 spiro atoms. The van der Waals surface area contributed by atoms with Crippen LogP contribution < -0.4 is 9.57 Å². The minimum absolute atomic E-state index is 0.638. The van der Waals surface area contributed by atoms with Gasteiger partial charge in [0.2, 0.25) is 12.4 Å². The van der Waals surface area contributed by atoms with Crippen molar-refractivity contribution < 1.29 is 9.57 Å². The predicted molar refractivity (Wildman–Crippen MR) is 67.6 cm³/mol. The molecule has 1 aromatic heterocycles. The average Bonchev–Trinajstić information content (AvgIpc) is 2.45. The summed E-state index contributed by atoms with van der Waals surface area (Å²) in [6, 6.07) is 15.9. The Labute approximate surface area is 107 Å². The van der Waals surface area contributed by atoms with E-state index in [2.05, 4.69) is 18.2 Å². The van der Waals surface area contributed by atoms with Gasteiger partial charge in [-0.3, -0.25) is 4.84 Å². The standard InChI is InChI=1S/C15H15N2O/c16-13-15-8-10-17(11-9-15)18-12-4-7-14-5-2-1-3-6-14/h1-3,5-6,8-11H,4,7,12H2/q+1. The van der Waals surface area contributed by atoms with E-state index >= 15 is 0 Å². The number of nitriles is 1. The lowest BCUT2D eigenvalue weighted by atomic mass is 10.1. The maximum atomic E-state index is 8.67. The quantitative estimate of drug-likeness (QED) is 0.590. The number of hydrogen-bond acceptors (Lipinski definition) is 2. The fourth-order valence-corrected chi connectivity index (χ4v) is 1.66. The SMILES string of the molecule is N#Cc1cc[n+](OCCCc2ccccc2)cc1. The Balaban J connectivity index is 1.74. The van der Waals surface area contributed by atoms with Crippen LogP contribution >= 0.6 is 0 Å². The predicted octanol–water partition coefficient (Wildman–Crippen LogP) is 1.91. The van der Waals surface area contributed by atoms with Crippen molar-refractivity contribution in [1.82, 2.24) is 0 Å². The van der Waals surface area contributed by atoms with Gasteiger partial charge in [-0.2, -0.15) is 5.26 Å². The van der Waals surface area contributed by atoms with E-state index in [1.54, 1.807) is 29.3 Å². The number of rotatable bonds is 5. The third-order valence-corrected chi connectivity index (χ3v) is 2.62. The number of pyridine rings is 1. The minimum Gasteiger partial charge on any atom is -0.271 e. The molecule has 0 saturated carbocycles. The molecule has 18 heavy (non-hydrogen) atoms. The third kappa shape index (κ3) is 3.60. The molecule has 0 atom stereocenters. The van der Waals surface area contributed by atoms with Crippen LogP contribution in [-0.2, 0) is 6.42 Å². The fraction of sp³-hybridized carbons (Fsp3) is 0.200. The van der Waals surface area contributed by atoms with Gasteiger partial charge in [0.25, 0.3) is 0 Å². The van der Waals surface area contributed by atoms with Gasteiger partial charge in [-0.05, 0) is 18.4 Å². The van der Waals surface area contributed by atoms with E-state index in [0.717, 1.165) is 12.8 Å². The summed E-state index contributed by atoms with van der Waals surface area (Å²) >= 11 is 0. The topological polar surface area (TPSA) is 36.9 Å². The van der Waals surface area contributed by atoms with E-state index < -0.39 is 0 Å². The summed E-state index contributed by atoms with van der Waals surface area (Å²) in [4.78, 5) is 5.53. The van der Waals surface area contributed by atoms with Crippen LogP contribution in [0.4, 0.5) is 0 Å². The van der Waals surface area contributed by atoms with Crippen molar-refractivity contribution in [1.29, 1.82) is 5.26 Å². The van der Waals surface area contributed by atoms with E-state index in [1.807, 2.05) is 18.2 Å². The number of aromatic nitrogens is 1. The Bertz CT molecular complexity index is 514. The van der Waals surface area contributed by atoms with Crippen LogP contribution in [0.15, 0.2) is 54.9 Å². The highest BCUT2D eigenvalue weighted by Crippen LogP contribution is 2.01. The van der Waals surface area contributed by atoms with Crippen molar-refractivity contribution >= 4 is 0 Å². The van der Waals surface area contributed by atoms with Crippen molar-refractivity contribution in [2.24, 2.45) is 0 Å². The molecule has 2 rings (SSSR count). The maximum Gasteiger partial charge on any atom is 0.223 e. The van der Waals surface area contributed by atoms with Gasteiger partial charge in [-0.1, -0.05) is 30.3 Å². The van der Waals surface area contributed by atoms with Gasteiger partial charge in [0.15, 0.2) is 6.61 Å². The van der Waals surface area contributed by atoms with Crippen molar-refractivity contribution in [2.45, 2.75) is 12.8 Å². The van der Waals surface area contributed by atoms with Crippen LogP contribution in [0.3, 0.4) is 0 Å². The van der Waals surface area contributed by atoms with E-state index in [0.29, 0.717) is 12.2 Å². The highest BCUT2D eigenvalue weighted by atomic mass is 16.7. The maximum absolute atomic E-state index is 8.67. The smallest absolute Gasteiger partial charge is 0.223 e. The van der Waals surface area contributed by atoms with Crippen molar-refractivity contribution in [3.05, 3.63) is 66.0 Å². The molecular weight excluding hydrogens is 224 g/mol. The van der Waals surface area contributed by atoms with Crippen LogP contribution in [0.1, 0.15) is 17.5 Å². The molecule has 0 aliphatic carbocycles. The molecule has 90 valence electrons. The average molecular weight is 239 g/mol.